The van der Waals surface area contributed by atoms with Gasteiger partial charge in [0.1, 0.15) is 0 Å². The molecule has 0 radical (unpaired) electrons. The molecule has 1 aliphatic heterocycles. The topological polar surface area (TPSA) is 93.7 Å². The first kappa shape index (κ1) is 29.3. The van der Waals surface area contributed by atoms with Gasteiger partial charge in [-0.3, -0.25) is 10.1 Å². The molecular weight excluding hydrogens is 427 g/mol. The van der Waals surface area contributed by atoms with Crippen LogP contribution in [0.5, 0.6) is 0 Å². The van der Waals surface area contributed by atoms with E-state index in [2.05, 4.69) is 12.2 Å². The Morgan fingerprint density at radius 2 is 1.27 bits per heavy atom. The highest BCUT2D eigenvalue weighted by atomic mass is 19.1. The van der Waals surface area contributed by atoms with Crippen molar-refractivity contribution < 1.29 is 28.2 Å². The maximum Gasteiger partial charge on any atom is 0.358 e. The fourth-order valence-electron chi connectivity index (χ4n) is 4.01. The molecule has 1 heterocycles. The van der Waals surface area contributed by atoms with Gasteiger partial charge in [-0.1, -0.05) is 103 Å². The number of hydrogen-bond acceptors (Lipinski definition) is 5. The van der Waals surface area contributed by atoms with Crippen molar-refractivity contribution in [2.75, 3.05) is 13.2 Å². The van der Waals surface area contributed by atoms with E-state index in [0.717, 1.165) is 19.3 Å². The monoisotopic (exact) mass is 472 g/mol. The summed E-state index contributed by atoms with van der Waals surface area (Å²) in [5, 5.41) is 3.86. The van der Waals surface area contributed by atoms with Gasteiger partial charge in [0.15, 0.2) is 6.23 Å². The zero-order valence-electron chi connectivity index (χ0n) is 20.7. The maximum absolute atomic E-state index is 15.1. The summed E-state index contributed by atoms with van der Waals surface area (Å²) in [5.41, 5.74) is -3.08. The molecule has 3 amide bonds. The molecule has 33 heavy (non-hydrogen) atoms. The number of hydrogen-bond donors (Lipinski definition) is 2. The van der Waals surface area contributed by atoms with Crippen LogP contribution in [-0.4, -0.2) is 43.0 Å². The average Bonchev–Trinajstić information content (AvgIpc) is 2.79. The van der Waals surface area contributed by atoms with E-state index in [4.69, 9.17) is 9.47 Å². The molecule has 0 aromatic carbocycles. The number of nitrogens with one attached hydrogen (secondary N) is 2. The Balaban J connectivity index is 2.01. The first-order chi connectivity index (χ1) is 16.0. The van der Waals surface area contributed by atoms with Crippen molar-refractivity contribution in [2.24, 2.45) is 0 Å². The lowest BCUT2D eigenvalue weighted by Gasteiger charge is -2.34. The third-order valence-electron chi connectivity index (χ3n) is 6.04. The van der Waals surface area contributed by atoms with Gasteiger partial charge in [-0.25, -0.2) is 14.0 Å². The molecule has 2 unspecified atom stereocenters. The third kappa shape index (κ3) is 11.3. The van der Waals surface area contributed by atoms with E-state index in [1.54, 1.807) is 12.2 Å². The van der Waals surface area contributed by atoms with Gasteiger partial charge >= 0.3 is 17.7 Å². The molecule has 2 atom stereocenters. The zero-order chi connectivity index (χ0) is 24.4. The Bertz CT molecular complexity index is 575. The fraction of sp³-hybridized carbons (Fsp3) is 0.880. The van der Waals surface area contributed by atoms with Crippen molar-refractivity contribution in [3.63, 3.8) is 0 Å². The third-order valence-corrected chi connectivity index (χ3v) is 6.04. The van der Waals surface area contributed by atoms with Crippen LogP contribution in [0, 0.1) is 0 Å². The molecule has 0 aromatic rings. The van der Waals surface area contributed by atoms with Gasteiger partial charge in [-0.2, -0.15) is 0 Å². The van der Waals surface area contributed by atoms with Gasteiger partial charge in [-0.15, -0.1) is 0 Å². The van der Waals surface area contributed by atoms with E-state index in [1.165, 1.54) is 77.0 Å². The van der Waals surface area contributed by atoms with Crippen molar-refractivity contribution >= 4 is 17.9 Å². The van der Waals surface area contributed by atoms with Gasteiger partial charge in [0.2, 0.25) is 0 Å². The van der Waals surface area contributed by atoms with Crippen LogP contribution >= 0.6 is 0 Å². The lowest BCUT2D eigenvalue weighted by atomic mass is 10.0. The number of rotatable bonds is 20. The molecule has 1 fully saturated rings. The number of urea groups is 1. The summed E-state index contributed by atoms with van der Waals surface area (Å²) in [4.78, 5) is 35.5. The average molecular weight is 473 g/mol. The van der Waals surface area contributed by atoms with E-state index >= 15 is 4.39 Å². The summed E-state index contributed by atoms with van der Waals surface area (Å²) in [7, 11) is 0. The number of unbranched alkanes of at least 4 members (excludes halogenated alkanes) is 15. The summed E-state index contributed by atoms with van der Waals surface area (Å²) in [6.07, 6.45) is 18.0. The SMILES string of the molecule is CCCCCCCCCCCCCCCCCCOC(=O)C1(F)C(=O)NC(=O)NC1OCC. The van der Waals surface area contributed by atoms with Gasteiger partial charge in [0.05, 0.1) is 6.61 Å². The molecule has 0 bridgehead atoms. The first-order valence-electron chi connectivity index (χ1n) is 13.1. The minimum absolute atomic E-state index is 0.0241. The van der Waals surface area contributed by atoms with Crippen LogP contribution in [-0.2, 0) is 19.1 Å². The summed E-state index contributed by atoms with van der Waals surface area (Å²) < 4.78 is 25.1. The number of halogens is 1. The predicted octanol–water partition coefficient (Wildman–Crippen LogP) is 5.70. The van der Waals surface area contributed by atoms with Gasteiger partial charge in [-0.05, 0) is 13.3 Å². The van der Waals surface area contributed by atoms with Crippen LogP contribution in [0.2, 0.25) is 0 Å². The molecule has 0 aromatic heterocycles. The zero-order valence-corrected chi connectivity index (χ0v) is 20.7. The maximum atomic E-state index is 15.1. The second-order valence-corrected chi connectivity index (χ2v) is 8.91. The lowest BCUT2D eigenvalue weighted by molar-refractivity contribution is -0.179. The lowest BCUT2D eigenvalue weighted by Crippen LogP contribution is -2.71. The van der Waals surface area contributed by atoms with Crippen molar-refractivity contribution in [1.29, 1.82) is 0 Å². The Kier molecular flexibility index (Phi) is 15.8. The highest BCUT2D eigenvalue weighted by Crippen LogP contribution is 2.23. The van der Waals surface area contributed by atoms with Gasteiger partial charge in [0.25, 0.3) is 5.91 Å². The van der Waals surface area contributed by atoms with E-state index in [-0.39, 0.29) is 13.2 Å². The van der Waals surface area contributed by atoms with E-state index in [1.807, 2.05) is 0 Å². The number of imide groups is 1. The number of alkyl halides is 1. The molecule has 0 aliphatic carbocycles. The summed E-state index contributed by atoms with van der Waals surface area (Å²) in [6, 6.07) is -0.905. The number of amides is 3. The smallest absolute Gasteiger partial charge is 0.358 e. The van der Waals surface area contributed by atoms with Crippen LogP contribution in [0.4, 0.5) is 9.18 Å². The number of esters is 1. The second-order valence-electron chi connectivity index (χ2n) is 8.91. The summed E-state index contributed by atoms with van der Waals surface area (Å²) in [5.74, 6) is -2.69. The van der Waals surface area contributed by atoms with E-state index in [0.29, 0.717) is 6.42 Å². The van der Waals surface area contributed by atoms with Crippen molar-refractivity contribution in [3.05, 3.63) is 0 Å². The number of ether oxygens (including phenoxy) is 2. The molecule has 192 valence electrons. The van der Waals surface area contributed by atoms with Crippen LogP contribution < -0.4 is 10.6 Å². The molecular formula is C25H45FN2O5. The molecule has 0 saturated carbocycles. The fourth-order valence-corrected chi connectivity index (χ4v) is 4.01. The quantitative estimate of drug-likeness (QED) is 0.135. The summed E-state index contributed by atoms with van der Waals surface area (Å²) >= 11 is 0. The molecule has 1 rings (SSSR count). The highest BCUT2D eigenvalue weighted by Gasteiger charge is 2.59. The first-order valence-corrected chi connectivity index (χ1v) is 13.1. The van der Waals surface area contributed by atoms with E-state index in [9.17, 15) is 14.4 Å². The minimum atomic E-state index is -3.08. The van der Waals surface area contributed by atoms with Gasteiger partial charge < -0.3 is 14.8 Å². The highest BCUT2D eigenvalue weighted by molar-refractivity contribution is 6.14. The van der Waals surface area contributed by atoms with Crippen LogP contribution in [0.1, 0.15) is 117 Å². The molecule has 2 N–H and O–H groups in total. The van der Waals surface area contributed by atoms with Crippen molar-refractivity contribution in [3.8, 4) is 0 Å². The number of carbonyl (C=O) groups is 3. The minimum Gasteiger partial charge on any atom is -0.463 e. The van der Waals surface area contributed by atoms with Gasteiger partial charge in [0, 0.05) is 6.61 Å². The number of carbonyl (C=O) groups excluding carboxylic acids is 3. The molecule has 1 saturated heterocycles. The van der Waals surface area contributed by atoms with Crippen LogP contribution in [0.25, 0.3) is 0 Å². The van der Waals surface area contributed by atoms with E-state index < -0.39 is 29.8 Å². The molecule has 8 heteroatoms. The Labute approximate surface area is 198 Å². The predicted molar refractivity (Wildman–Crippen MR) is 126 cm³/mol. The second kappa shape index (κ2) is 17.7. The normalized spacial score (nSPS) is 20.4. The molecule has 0 spiro atoms. The van der Waals surface area contributed by atoms with Crippen LogP contribution in [0.15, 0.2) is 0 Å². The Hall–Kier alpha value is -1.70. The van der Waals surface area contributed by atoms with Crippen molar-refractivity contribution in [1.82, 2.24) is 10.6 Å². The van der Waals surface area contributed by atoms with Crippen LogP contribution in [0.3, 0.4) is 0 Å². The Morgan fingerprint density at radius 3 is 1.73 bits per heavy atom. The summed E-state index contributed by atoms with van der Waals surface area (Å²) in [6.45, 7) is 3.88. The Morgan fingerprint density at radius 1 is 0.818 bits per heavy atom. The standard InChI is InChI=1S/C25H45FN2O5/c1-3-5-6-7-8-9-10-11-12-13-14-15-16-17-18-19-20-33-23(30)25(26)21(29)27-24(31)28-22(25)32-4-2/h22H,3-20H2,1-2H3,(H2,27,28,29,31). The van der Waals surface area contributed by atoms with Crippen molar-refractivity contribution in [2.45, 2.75) is 128 Å². The largest absolute Gasteiger partial charge is 0.463 e. The molecule has 7 nitrogen and oxygen atoms in total. The molecule has 1 aliphatic rings.